The standard InChI is InChI=1S/C12H8N4O2/c17-12(18)8-4-10-11(13-6-8)5-9(7-14-10)16-3-1-2-15-16/h1-7H,(H,17,18). The summed E-state index contributed by atoms with van der Waals surface area (Å²) in [5, 5.41) is 13.0. The number of hydrogen-bond donors (Lipinski definition) is 1. The van der Waals surface area contributed by atoms with Gasteiger partial charge in [-0.25, -0.2) is 9.48 Å². The highest BCUT2D eigenvalue weighted by molar-refractivity contribution is 5.91. The van der Waals surface area contributed by atoms with Crippen molar-refractivity contribution in [3.63, 3.8) is 0 Å². The van der Waals surface area contributed by atoms with Crippen LogP contribution in [0.15, 0.2) is 43.0 Å². The van der Waals surface area contributed by atoms with Crippen LogP contribution in [0.25, 0.3) is 16.7 Å². The maximum Gasteiger partial charge on any atom is 0.337 e. The summed E-state index contributed by atoms with van der Waals surface area (Å²) in [5.41, 5.74) is 2.09. The number of aromatic nitrogens is 4. The molecule has 3 heterocycles. The largest absolute Gasteiger partial charge is 0.478 e. The van der Waals surface area contributed by atoms with Gasteiger partial charge in [-0.05, 0) is 18.2 Å². The van der Waals surface area contributed by atoms with Crippen molar-refractivity contribution in [2.24, 2.45) is 0 Å². The molecule has 0 fully saturated rings. The van der Waals surface area contributed by atoms with Gasteiger partial charge in [0, 0.05) is 18.6 Å². The van der Waals surface area contributed by atoms with Crippen molar-refractivity contribution in [3.8, 4) is 5.69 Å². The average molecular weight is 240 g/mol. The minimum atomic E-state index is -1.01. The smallest absolute Gasteiger partial charge is 0.337 e. The molecule has 0 saturated heterocycles. The molecule has 0 amide bonds. The summed E-state index contributed by atoms with van der Waals surface area (Å²) in [6, 6.07) is 5.11. The third-order valence-electron chi connectivity index (χ3n) is 2.53. The van der Waals surface area contributed by atoms with Crippen LogP contribution in [0.2, 0.25) is 0 Å². The van der Waals surface area contributed by atoms with Gasteiger partial charge >= 0.3 is 5.97 Å². The van der Waals surface area contributed by atoms with Crippen molar-refractivity contribution < 1.29 is 9.90 Å². The van der Waals surface area contributed by atoms with Crippen molar-refractivity contribution >= 4 is 17.0 Å². The van der Waals surface area contributed by atoms with Gasteiger partial charge in [-0.15, -0.1) is 0 Å². The number of nitrogens with zero attached hydrogens (tertiary/aromatic N) is 4. The Balaban J connectivity index is 2.14. The van der Waals surface area contributed by atoms with Crippen LogP contribution < -0.4 is 0 Å². The lowest BCUT2D eigenvalue weighted by molar-refractivity contribution is 0.0696. The average Bonchev–Trinajstić information content (AvgIpc) is 2.91. The van der Waals surface area contributed by atoms with E-state index in [1.165, 1.54) is 12.3 Å². The van der Waals surface area contributed by atoms with E-state index >= 15 is 0 Å². The summed E-state index contributed by atoms with van der Waals surface area (Å²) in [6.45, 7) is 0. The third kappa shape index (κ3) is 1.69. The van der Waals surface area contributed by atoms with Crippen LogP contribution in [0.5, 0.6) is 0 Å². The lowest BCUT2D eigenvalue weighted by Gasteiger charge is -2.03. The fraction of sp³-hybridized carbons (Fsp3) is 0. The maximum absolute atomic E-state index is 10.8. The van der Waals surface area contributed by atoms with E-state index in [-0.39, 0.29) is 5.56 Å². The van der Waals surface area contributed by atoms with Gasteiger partial charge in [-0.1, -0.05) is 0 Å². The molecule has 6 nitrogen and oxygen atoms in total. The van der Waals surface area contributed by atoms with Crippen LogP contribution in [0.3, 0.4) is 0 Å². The number of pyridine rings is 2. The SMILES string of the molecule is O=C(O)c1cnc2cc(-n3cccn3)cnc2c1. The minimum Gasteiger partial charge on any atom is -0.478 e. The first-order valence-corrected chi connectivity index (χ1v) is 5.23. The fourth-order valence-electron chi connectivity index (χ4n) is 1.66. The predicted octanol–water partition coefficient (Wildman–Crippen LogP) is 1.51. The molecule has 0 bridgehead atoms. The van der Waals surface area contributed by atoms with Gasteiger partial charge in [0.05, 0.1) is 28.5 Å². The quantitative estimate of drug-likeness (QED) is 0.734. The van der Waals surface area contributed by atoms with E-state index in [0.717, 1.165) is 5.69 Å². The third-order valence-corrected chi connectivity index (χ3v) is 2.53. The Bertz CT molecular complexity index is 722. The van der Waals surface area contributed by atoms with Gasteiger partial charge in [0.15, 0.2) is 0 Å². The van der Waals surface area contributed by atoms with E-state index in [1.807, 2.05) is 6.07 Å². The first-order chi connectivity index (χ1) is 8.74. The molecule has 0 aliphatic heterocycles. The van der Waals surface area contributed by atoms with Gasteiger partial charge in [0.25, 0.3) is 0 Å². The van der Waals surface area contributed by atoms with Gasteiger partial charge in [0.2, 0.25) is 0 Å². The molecule has 3 rings (SSSR count). The zero-order valence-electron chi connectivity index (χ0n) is 9.19. The number of carboxylic acid groups (broad SMARTS) is 1. The number of carbonyl (C=O) groups is 1. The minimum absolute atomic E-state index is 0.127. The van der Waals surface area contributed by atoms with Crippen molar-refractivity contribution in [1.82, 2.24) is 19.7 Å². The molecular weight excluding hydrogens is 232 g/mol. The predicted molar refractivity (Wildman–Crippen MR) is 63.6 cm³/mol. The molecule has 6 heteroatoms. The molecular formula is C12H8N4O2. The number of aromatic carboxylic acids is 1. The number of carboxylic acids is 1. The van der Waals surface area contributed by atoms with Crippen molar-refractivity contribution in [2.75, 3.05) is 0 Å². The number of rotatable bonds is 2. The van der Waals surface area contributed by atoms with Crippen molar-refractivity contribution in [2.45, 2.75) is 0 Å². The van der Waals surface area contributed by atoms with E-state index in [1.54, 1.807) is 29.3 Å². The summed E-state index contributed by atoms with van der Waals surface area (Å²) in [6.07, 6.45) is 6.42. The Morgan fingerprint density at radius 3 is 2.67 bits per heavy atom. The number of hydrogen-bond acceptors (Lipinski definition) is 4. The summed E-state index contributed by atoms with van der Waals surface area (Å²) in [5.74, 6) is -1.01. The molecule has 3 aromatic heterocycles. The van der Waals surface area contributed by atoms with Crippen LogP contribution in [0.4, 0.5) is 0 Å². The van der Waals surface area contributed by atoms with E-state index in [0.29, 0.717) is 11.0 Å². The van der Waals surface area contributed by atoms with Crippen LogP contribution >= 0.6 is 0 Å². The van der Waals surface area contributed by atoms with Crippen LogP contribution in [0.1, 0.15) is 10.4 Å². The molecule has 1 N–H and O–H groups in total. The second-order valence-electron chi connectivity index (χ2n) is 3.71. The Hall–Kier alpha value is -2.76. The van der Waals surface area contributed by atoms with E-state index in [9.17, 15) is 4.79 Å². The second-order valence-corrected chi connectivity index (χ2v) is 3.71. The fourth-order valence-corrected chi connectivity index (χ4v) is 1.66. The van der Waals surface area contributed by atoms with E-state index < -0.39 is 5.97 Å². The Labute approximate surface area is 102 Å². The van der Waals surface area contributed by atoms with E-state index in [2.05, 4.69) is 15.1 Å². The lowest BCUT2D eigenvalue weighted by atomic mass is 10.2. The van der Waals surface area contributed by atoms with E-state index in [4.69, 9.17) is 5.11 Å². The number of fused-ring (bicyclic) bond motifs is 1. The molecule has 18 heavy (non-hydrogen) atoms. The molecule has 0 unspecified atom stereocenters. The molecule has 88 valence electrons. The summed E-state index contributed by atoms with van der Waals surface area (Å²) in [4.78, 5) is 19.1. The molecule has 0 aliphatic carbocycles. The zero-order chi connectivity index (χ0) is 12.5. The summed E-state index contributed by atoms with van der Waals surface area (Å²) in [7, 11) is 0. The van der Waals surface area contributed by atoms with Gasteiger partial charge in [-0.2, -0.15) is 5.10 Å². The molecule has 0 saturated carbocycles. The Morgan fingerprint density at radius 1 is 1.17 bits per heavy atom. The molecule has 0 aliphatic rings. The summed E-state index contributed by atoms with van der Waals surface area (Å²) >= 11 is 0. The highest BCUT2D eigenvalue weighted by Gasteiger charge is 2.06. The van der Waals surface area contributed by atoms with Crippen LogP contribution in [-0.2, 0) is 0 Å². The molecule has 0 aromatic carbocycles. The van der Waals surface area contributed by atoms with Crippen molar-refractivity contribution in [1.29, 1.82) is 0 Å². The lowest BCUT2D eigenvalue weighted by Crippen LogP contribution is -1.99. The summed E-state index contributed by atoms with van der Waals surface area (Å²) < 4.78 is 1.67. The van der Waals surface area contributed by atoms with Gasteiger partial charge < -0.3 is 5.11 Å². The molecule has 0 radical (unpaired) electrons. The Morgan fingerprint density at radius 2 is 1.94 bits per heavy atom. The normalized spacial score (nSPS) is 10.7. The first-order valence-electron chi connectivity index (χ1n) is 5.23. The van der Waals surface area contributed by atoms with Crippen LogP contribution in [0, 0.1) is 0 Å². The molecule has 0 atom stereocenters. The van der Waals surface area contributed by atoms with Gasteiger partial charge in [-0.3, -0.25) is 9.97 Å². The topological polar surface area (TPSA) is 80.9 Å². The molecule has 3 aromatic rings. The zero-order valence-corrected chi connectivity index (χ0v) is 9.19. The first kappa shape index (κ1) is 10.4. The van der Waals surface area contributed by atoms with Crippen molar-refractivity contribution in [3.05, 3.63) is 48.5 Å². The van der Waals surface area contributed by atoms with Gasteiger partial charge in [0.1, 0.15) is 0 Å². The molecule has 0 spiro atoms. The maximum atomic E-state index is 10.8. The van der Waals surface area contributed by atoms with Crippen LogP contribution in [-0.4, -0.2) is 30.8 Å². The monoisotopic (exact) mass is 240 g/mol. The second kappa shape index (κ2) is 3.92. The Kier molecular flexibility index (Phi) is 2.26. The highest BCUT2D eigenvalue weighted by Crippen LogP contribution is 2.14. The highest BCUT2D eigenvalue weighted by atomic mass is 16.4.